The number of nitrogens with zero attached hydrogens (tertiary/aromatic N) is 1. The van der Waals surface area contributed by atoms with Crippen LogP contribution in [0.3, 0.4) is 0 Å². The van der Waals surface area contributed by atoms with Crippen LogP contribution in [0.25, 0.3) is 0 Å². The number of carboxylic acid groups (broad SMARTS) is 1. The van der Waals surface area contributed by atoms with Gasteiger partial charge in [-0.3, -0.25) is 4.79 Å². The van der Waals surface area contributed by atoms with Crippen LogP contribution in [0.5, 0.6) is 5.75 Å². The van der Waals surface area contributed by atoms with Gasteiger partial charge in [0, 0.05) is 24.8 Å². The standard InChI is InChI=1S/C15H22N2O4/c1-9-6-12(11(3)13(7-9)21-5)16-15(20)17(4)8-10(2)14(18)19/h6-7,10H,8H2,1-5H3,(H,16,20)(H,18,19). The van der Waals surface area contributed by atoms with Gasteiger partial charge in [-0.2, -0.15) is 0 Å². The van der Waals surface area contributed by atoms with Gasteiger partial charge in [0.15, 0.2) is 0 Å². The first kappa shape index (κ1) is 16.8. The fraction of sp³-hybridized carbons (Fsp3) is 0.467. The molecular formula is C15H22N2O4. The summed E-state index contributed by atoms with van der Waals surface area (Å²) in [7, 11) is 3.14. The Morgan fingerprint density at radius 1 is 1.38 bits per heavy atom. The summed E-state index contributed by atoms with van der Waals surface area (Å²) >= 11 is 0. The average molecular weight is 294 g/mol. The normalized spacial score (nSPS) is 11.7. The van der Waals surface area contributed by atoms with Crippen molar-refractivity contribution in [2.75, 3.05) is 26.0 Å². The lowest BCUT2D eigenvalue weighted by atomic mass is 10.1. The molecule has 0 aromatic heterocycles. The van der Waals surface area contributed by atoms with E-state index in [0.717, 1.165) is 11.1 Å². The number of hydrogen-bond acceptors (Lipinski definition) is 3. The average Bonchev–Trinajstić information content (AvgIpc) is 2.41. The number of carbonyl (C=O) groups excluding carboxylic acids is 1. The van der Waals surface area contributed by atoms with Crippen molar-refractivity contribution in [3.8, 4) is 5.75 Å². The van der Waals surface area contributed by atoms with Gasteiger partial charge in [0.05, 0.1) is 13.0 Å². The van der Waals surface area contributed by atoms with Crippen molar-refractivity contribution in [1.82, 2.24) is 4.90 Å². The molecule has 0 saturated carbocycles. The molecule has 1 aromatic carbocycles. The zero-order valence-electron chi connectivity index (χ0n) is 13.1. The van der Waals surface area contributed by atoms with Gasteiger partial charge >= 0.3 is 12.0 Å². The van der Waals surface area contributed by atoms with Crippen LogP contribution >= 0.6 is 0 Å². The van der Waals surface area contributed by atoms with E-state index in [1.54, 1.807) is 21.1 Å². The van der Waals surface area contributed by atoms with Crippen molar-refractivity contribution < 1.29 is 19.4 Å². The first-order chi connectivity index (χ1) is 9.76. The number of hydrogen-bond donors (Lipinski definition) is 2. The summed E-state index contributed by atoms with van der Waals surface area (Å²) in [6.07, 6.45) is 0. The van der Waals surface area contributed by atoms with Gasteiger partial charge < -0.3 is 20.1 Å². The van der Waals surface area contributed by atoms with Gasteiger partial charge in [0.2, 0.25) is 0 Å². The van der Waals surface area contributed by atoms with E-state index < -0.39 is 11.9 Å². The van der Waals surface area contributed by atoms with Crippen LogP contribution in [-0.4, -0.2) is 42.7 Å². The van der Waals surface area contributed by atoms with Gasteiger partial charge in [0.25, 0.3) is 0 Å². The number of aliphatic carboxylic acids is 1. The number of aryl methyl sites for hydroxylation is 1. The molecule has 6 heteroatoms. The summed E-state index contributed by atoms with van der Waals surface area (Å²) in [6, 6.07) is 3.39. The Hall–Kier alpha value is -2.24. The van der Waals surface area contributed by atoms with Crippen molar-refractivity contribution in [2.45, 2.75) is 20.8 Å². The molecule has 1 atom stereocenters. The third kappa shape index (κ3) is 4.37. The largest absolute Gasteiger partial charge is 0.496 e. The van der Waals surface area contributed by atoms with Gasteiger partial charge in [-0.25, -0.2) is 4.79 Å². The molecule has 2 N–H and O–H groups in total. The maximum atomic E-state index is 12.1. The van der Waals surface area contributed by atoms with E-state index in [0.29, 0.717) is 11.4 Å². The van der Waals surface area contributed by atoms with Crippen LogP contribution in [0.15, 0.2) is 12.1 Å². The van der Waals surface area contributed by atoms with Crippen LogP contribution in [-0.2, 0) is 4.79 Å². The zero-order valence-corrected chi connectivity index (χ0v) is 13.1. The van der Waals surface area contributed by atoms with Crippen LogP contribution < -0.4 is 10.1 Å². The molecular weight excluding hydrogens is 272 g/mol. The van der Waals surface area contributed by atoms with Gasteiger partial charge in [-0.1, -0.05) is 6.92 Å². The van der Waals surface area contributed by atoms with Crippen LogP contribution in [0, 0.1) is 19.8 Å². The Bertz CT molecular complexity index is 543. The number of anilines is 1. The maximum Gasteiger partial charge on any atom is 0.321 e. The molecule has 2 amide bonds. The molecule has 1 rings (SSSR count). The van der Waals surface area contributed by atoms with Crippen molar-refractivity contribution >= 4 is 17.7 Å². The molecule has 0 saturated heterocycles. The van der Waals surface area contributed by atoms with E-state index >= 15 is 0 Å². The predicted octanol–water partition coefficient (Wildman–Crippen LogP) is 2.50. The third-order valence-corrected chi connectivity index (χ3v) is 3.28. The van der Waals surface area contributed by atoms with E-state index in [-0.39, 0.29) is 12.6 Å². The smallest absolute Gasteiger partial charge is 0.321 e. The summed E-state index contributed by atoms with van der Waals surface area (Å²) in [5.74, 6) is -0.844. The SMILES string of the molecule is COc1cc(C)cc(NC(=O)N(C)CC(C)C(=O)O)c1C. The van der Waals surface area contributed by atoms with Crippen molar-refractivity contribution in [1.29, 1.82) is 0 Å². The summed E-state index contributed by atoms with van der Waals surface area (Å²) in [5.41, 5.74) is 2.46. The molecule has 21 heavy (non-hydrogen) atoms. The first-order valence-electron chi connectivity index (χ1n) is 6.66. The van der Waals surface area contributed by atoms with Crippen molar-refractivity contribution in [3.63, 3.8) is 0 Å². The Kier molecular flexibility index (Phi) is 5.58. The second-order valence-electron chi connectivity index (χ2n) is 5.19. The Labute approximate surface area is 124 Å². The lowest BCUT2D eigenvalue weighted by molar-refractivity contribution is -0.141. The molecule has 1 unspecified atom stereocenters. The van der Waals surface area contributed by atoms with E-state index in [1.807, 2.05) is 26.0 Å². The molecule has 0 aliphatic heterocycles. The van der Waals surface area contributed by atoms with E-state index in [4.69, 9.17) is 9.84 Å². The molecule has 116 valence electrons. The molecule has 6 nitrogen and oxygen atoms in total. The molecule has 0 bridgehead atoms. The lowest BCUT2D eigenvalue weighted by Gasteiger charge is -2.21. The Morgan fingerprint density at radius 3 is 2.52 bits per heavy atom. The summed E-state index contributed by atoms with van der Waals surface area (Å²) in [6.45, 7) is 5.47. The fourth-order valence-electron chi connectivity index (χ4n) is 1.95. The number of ether oxygens (including phenoxy) is 1. The minimum atomic E-state index is -0.928. The molecule has 1 aromatic rings. The Balaban J connectivity index is 2.83. The number of carboxylic acids is 1. The number of carbonyl (C=O) groups is 2. The van der Waals surface area contributed by atoms with Crippen LogP contribution in [0.4, 0.5) is 10.5 Å². The Morgan fingerprint density at radius 2 is 2.00 bits per heavy atom. The second-order valence-corrected chi connectivity index (χ2v) is 5.19. The first-order valence-corrected chi connectivity index (χ1v) is 6.66. The van der Waals surface area contributed by atoms with Gasteiger partial charge in [-0.05, 0) is 31.5 Å². The molecule has 0 heterocycles. The highest BCUT2D eigenvalue weighted by atomic mass is 16.5. The number of nitrogens with one attached hydrogen (secondary N) is 1. The number of methoxy groups -OCH3 is 1. The quantitative estimate of drug-likeness (QED) is 0.874. The van der Waals surface area contributed by atoms with Gasteiger partial charge in [0.1, 0.15) is 5.75 Å². The van der Waals surface area contributed by atoms with Gasteiger partial charge in [-0.15, -0.1) is 0 Å². The molecule has 0 aliphatic carbocycles. The molecule has 0 spiro atoms. The van der Waals surface area contributed by atoms with E-state index in [9.17, 15) is 9.59 Å². The van der Waals surface area contributed by atoms with Crippen LogP contribution in [0.1, 0.15) is 18.1 Å². The maximum absolute atomic E-state index is 12.1. The molecule has 0 fully saturated rings. The van der Waals surface area contributed by atoms with Crippen molar-refractivity contribution in [2.24, 2.45) is 5.92 Å². The third-order valence-electron chi connectivity index (χ3n) is 3.28. The minimum Gasteiger partial charge on any atom is -0.496 e. The topological polar surface area (TPSA) is 78.9 Å². The lowest BCUT2D eigenvalue weighted by Crippen LogP contribution is -2.36. The second kappa shape index (κ2) is 6.97. The predicted molar refractivity (Wildman–Crippen MR) is 80.9 cm³/mol. The van der Waals surface area contributed by atoms with Crippen molar-refractivity contribution in [3.05, 3.63) is 23.3 Å². The highest BCUT2D eigenvalue weighted by Gasteiger charge is 2.18. The number of urea groups is 1. The van der Waals surface area contributed by atoms with E-state index in [1.165, 1.54) is 4.90 Å². The molecule has 0 radical (unpaired) electrons. The monoisotopic (exact) mass is 294 g/mol. The zero-order chi connectivity index (χ0) is 16.2. The van der Waals surface area contributed by atoms with E-state index in [2.05, 4.69) is 5.32 Å². The number of benzene rings is 1. The minimum absolute atomic E-state index is 0.142. The van der Waals surface area contributed by atoms with Crippen LogP contribution in [0.2, 0.25) is 0 Å². The fourth-order valence-corrected chi connectivity index (χ4v) is 1.95. The highest BCUT2D eigenvalue weighted by molar-refractivity contribution is 5.90. The summed E-state index contributed by atoms with van der Waals surface area (Å²) < 4.78 is 5.26. The molecule has 0 aliphatic rings. The summed E-state index contributed by atoms with van der Waals surface area (Å²) in [5, 5.41) is 11.7. The summed E-state index contributed by atoms with van der Waals surface area (Å²) in [4.78, 5) is 24.3. The number of rotatable bonds is 5. The number of amides is 2. The highest BCUT2D eigenvalue weighted by Crippen LogP contribution is 2.27.